The molecule has 0 saturated heterocycles. The molecule has 0 N–H and O–H groups in total. The van der Waals surface area contributed by atoms with Gasteiger partial charge in [-0.3, -0.25) is 0 Å². The molecule has 13 rings (SSSR count). The van der Waals surface area contributed by atoms with Gasteiger partial charge in [0.25, 0.3) is 0 Å². The minimum absolute atomic E-state index is 0.526. The number of hydrogen-bond acceptors (Lipinski definition) is 5. The molecule has 10 aromatic carbocycles. The molecule has 326 valence electrons. The topological polar surface area (TPSA) is 38.1 Å². The van der Waals surface area contributed by atoms with Gasteiger partial charge >= 0.3 is 0 Å². The molecule has 0 bridgehead atoms. The van der Waals surface area contributed by atoms with E-state index < -0.39 is 5.41 Å². The predicted molar refractivity (Wildman–Crippen MR) is 282 cm³/mol. The van der Waals surface area contributed by atoms with Gasteiger partial charge in [-0.15, -0.1) is 0 Å². The molecule has 1 aliphatic carbocycles. The van der Waals surface area contributed by atoms with Gasteiger partial charge in [-0.05, 0) is 108 Å². The summed E-state index contributed by atoms with van der Waals surface area (Å²) in [5, 5.41) is 6.77. The van der Waals surface area contributed by atoms with E-state index in [1.54, 1.807) is 0 Å². The summed E-state index contributed by atoms with van der Waals surface area (Å²) in [6.07, 6.45) is 4.50. The van der Waals surface area contributed by atoms with E-state index in [2.05, 4.69) is 232 Å². The Kier molecular flexibility index (Phi) is 8.93. The first-order valence-corrected chi connectivity index (χ1v) is 23.3. The Labute approximate surface area is 395 Å². The summed E-state index contributed by atoms with van der Waals surface area (Å²) in [4.78, 5) is 4.68. The molecule has 1 aliphatic heterocycles. The summed E-state index contributed by atoms with van der Waals surface area (Å²) in [6.45, 7) is 8.92. The molecular weight excluding hydrogens is 833 g/mol. The highest BCUT2D eigenvalue weighted by molar-refractivity contribution is 6.16. The lowest BCUT2D eigenvalue weighted by Crippen LogP contribution is -2.22. The van der Waals surface area contributed by atoms with Crippen LogP contribution in [0.2, 0.25) is 0 Å². The van der Waals surface area contributed by atoms with Crippen LogP contribution in [0.15, 0.2) is 199 Å². The van der Waals surface area contributed by atoms with Crippen molar-refractivity contribution in [1.29, 1.82) is 0 Å². The van der Waals surface area contributed by atoms with E-state index >= 15 is 0 Å². The van der Waals surface area contributed by atoms with Gasteiger partial charge in [0, 0.05) is 43.9 Å². The van der Waals surface area contributed by atoms with Crippen LogP contribution in [-0.4, -0.2) is 0 Å². The lowest BCUT2D eigenvalue weighted by molar-refractivity contribution is 0.358. The van der Waals surface area contributed by atoms with Crippen LogP contribution in [0.5, 0.6) is 23.0 Å². The van der Waals surface area contributed by atoms with Gasteiger partial charge in [0.05, 0.1) is 22.7 Å². The lowest BCUT2D eigenvalue weighted by Gasteiger charge is -2.34. The number of ether oxygens (including phenoxy) is 2. The molecule has 0 atom stereocenters. The standard InChI is InChI=1S/C63H46N2O3/c1-39-26-30-43(31-27-39)64(52-21-11-16-41-14-5-7-18-45(41)52)54-23-13-25-57-61(54)68-60-48-35-34-47-51(63(3,4)50(48)36-37-58(60)66-57)38-55(62-59(47)49-20-9-10-24-56(49)67-62)65(44-32-28-40(2)29-33-44)53-22-12-17-42-15-6-8-19-46(42)53/h5-38H,1-4H3. The average molecular weight is 879 g/mol. The molecule has 0 radical (unpaired) electrons. The van der Waals surface area contributed by atoms with Crippen molar-refractivity contribution in [1.82, 2.24) is 0 Å². The molecule has 5 nitrogen and oxygen atoms in total. The summed E-state index contributed by atoms with van der Waals surface area (Å²) >= 11 is 0. The van der Waals surface area contributed by atoms with Crippen molar-refractivity contribution in [3.05, 3.63) is 228 Å². The number of benzene rings is 10. The number of furan rings is 1. The van der Waals surface area contributed by atoms with Crippen molar-refractivity contribution >= 4 is 89.8 Å². The van der Waals surface area contributed by atoms with Crippen LogP contribution < -0.4 is 19.3 Å². The zero-order valence-corrected chi connectivity index (χ0v) is 38.2. The molecule has 2 aliphatic rings. The molecule has 11 aromatic rings. The minimum atomic E-state index is -0.526. The second kappa shape index (κ2) is 15.3. The van der Waals surface area contributed by atoms with Gasteiger partial charge in [-0.25, -0.2) is 0 Å². The highest BCUT2D eigenvalue weighted by atomic mass is 16.6. The van der Waals surface area contributed by atoms with Gasteiger partial charge in [0.1, 0.15) is 5.58 Å². The van der Waals surface area contributed by atoms with Crippen molar-refractivity contribution in [3.63, 3.8) is 0 Å². The van der Waals surface area contributed by atoms with Gasteiger partial charge in [-0.1, -0.05) is 165 Å². The van der Waals surface area contributed by atoms with Crippen molar-refractivity contribution in [2.45, 2.75) is 33.1 Å². The highest BCUT2D eigenvalue weighted by Crippen LogP contribution is 2.58. The van der Waals surface area contributed by atoms with E-state index in [-0.39, 0.29) is 0 Å². The summed E-state index contributed by atoms with van der Waals surface area (Å²) in [7, 11) is 0. The Morgan fingerprint density at radius 3 is 1.60 bits per heavy atom. The van der Waals surface area contributed by atoms with E-state index in [9.17, 15) is 0 Å². The van der Waals surface area contributed by atoms with Crippen molar-refractivity contribution in [2.75, 3.05) is 9.80 Å². The number of anilines is 6. The van der Waals surface area contributed by atoms with Gasteiger partial charge in [0.15, 0.2) is 28.6 Å². The summed E-state index contributed by atoms with van der Waals surface area (Å²) in [6, 6.07) is 68.9. The molecule has 1 aromatic heterocycles. The Hall–Kier alpha value is -8.54. The molecule has 68 heavy (non-hydrogen) atoms. The smallest absolute Gasteiger partial charge is 0.194 e. The third-order valence-electron chi connectivity index (χ3n) is 14.1. The first kappa shape index (κ1) is 39.8. The number of fused-ring (bicyclic) bond motifs is 11. The number of hydrogen-bond donors (Lipinski definition) is 0. The first-order valence-electron chi connectivity index (χ1n) is 23.3. The summed E-state index contributed by atoms with van der Waals surface area (Å²) in [5.41, 5.74) is 14.0. The maximum absolute atomic E-state index is 7.34. The van der Waals surface area contributed by atoms with Crippen molar-refractivity contribution < 1.29 is 13.9 Å². The number of aryl methyl sites for hydroxylation is 2. The quantitative estimate of drug-likeness (QED) is 0.166. The van der Waals surface area contributed by atoms with Gasteiger partial charge in [0.2, 0.25) is 0 Å². The highest BCUT2D eigenvalue weighted by Gasteiger charge is 2.37. The molecule has 5 heteroatoms. The SMILES string of the molecule is Cc1ccc(N(c2cccc3c2Oc2c(ccc4c2C=Cc2c(cc(N(c5ccc(C)cc5)c5cccc6ccccc56)c5oc6ccccc6c25)C4(C)C)O3)c2cccc3ccccc23)cc1. The van der Waals surface area contributed by atoms with Crippen molar-refractivity contribution in [3.8, 4) is 23.0 Å². The fourth-order valence-electron chi connectivity index (χ4n) is 10.6. The Morgan fingerprint density at radius 2 is 0.941 bits per heavy atom. The maximum Gasteiger partial charge on any atom is 0.194 e. The van der Waals surface area contributed by atoms with Gasteiger partial charge in [-0.2, -0.15) is 0 Å². The lowest BCUT2D eigenvalue weighted by atomic mass is 9.74. The second-order valence-electron chi connectivity index (χ2n) is 18.6. The van der Waals surface area contributed by atoms with E-state index in [0.29, 0.717) is 23.0 Å². The Bertz CT molecular complexity index is 3850. The molecule has 0 spiro atoms. The molecule has 0 saturated carbocycles. The zero-order chi connectivity index (χ0) is 45.7. The molecule has 0 fully saturated rings. The van der Waals surface area contributed by atoms with E-state index in [1.807, 2.05) is 12.1 Å². The number of rotatable bonds is 6. The van der Waals surface area contributed by atoms with Crippen LogP contribution in [0.3, 0.4) is 0 Å². The van der Waals surface area contributed by atoms with Crippen LogP contribution in [0.4, 0.5) is 34.1 Å². The summed E-state index contributed by atoms with van der Waals surface area (Å²) in [5.74, 6) is 2.68. The second-order valence-corrected chi connectivity index (χ2v) is 18.6. The van der Waals surface area contributed by atoms with Gasteiger partial charge < -0.3 is 23.7 Å². The Balaban J connectivity index is 1.02. The maximum atomic E-state index is 7.34. The first-order chi connectivity index (χ1) is 33.3. The van der Waals surface area contributed by atoms with Crippen LogP contribution >= 0.6 is 0 Å². The normalized spacial score (nSPS) is 13.3. The van der Waals surface area contributed by atoms with Crippen molar-refractivity contribution in [2.24, 2.45) is 0 Å². The monoisotopic (exact) mass is 878 g/mol. The van der Waals surface area contributed by atoms with E-state index in [4.69, 9.17) is 13.9 Å². The third kappa shape index (κ3) is 6.16. The number of nitrogens with zero attached hydrogens (tertiary/aromatic N) is 2. The fraction of sp³-hybridized carbons (Fsp3) is 0.0794. The van der Waals surface area contributed by atoms with Crippen LogP contribution in [0.25, 0.3) is 55.6 Å². The summed E-state index contributed by atoms with van der Waals surface area (Å²) < 4.78 is 21.3. The third-order valence-corrected chi connectivity index (χ3v) is 14.1. The molecule has 0 unspecified atom stereocenters. The predicted octanol–water partition coefficient (Wildman–Crippen LogP) is 18.2. The fourth-order valence-corrected chi connectivity index (χ4v) is 10.6. The minimum Gasteiger partial charge on any atom is -0.454 e. The Morgan fingerprint density at radius 1 is 0.412 bits per heavy atom. The molecule has 2 heterocycles. The number of para-hydroxylation sites is 2. The largest absolute Gasteiger partial charge is 0.454 e. The average Bonchev–Trinajstić information content (AvgIpc) is 3.72. The zero-order valence-electron chi connectivity index (χ0n) is 38.2. The van der Waals surface area contributed by atoms with Crippen LogP contribution in [0, 0.1) is 13.8 Å². The van der Waals surface area contributed by atoms with E-state index in [0.717, 1.165) is 88.9 Å². The van der Waals surface area contributed by atoms with Crippen LogP contribution in [0.1, 0.15) is 47.2 Å². The molecule has 0 amide bonds. The van der Waals surface area contributed by atoms with E-state index in [1.165, 1.54) is 22.1 Å². The molecular formula is C63H46N2O3. The van der Waals surface area contributed by atoms with Crippen LogP contribution in [-0.2, 0) is 5.41 Å².